The standard InChI is InChI=1S/C22H23N3O3/c1-3-11-28-18-8-6-7-17(13-18)25-22(27)21(24-15(2)26)12-16-14-23-20-10-5-4-9-19(16)20/h3-10,13-14,21,23H,1,11-12H2,2H3,(H,24,26)(H,25,27)/t21-/m1/s1. The largest absolute Gasteiger partial charge is 0.489 e. The van der Waals surface area contributed by atoms with Crippen LogP contribution in [0.25, 0.3) is 10.9 Å². The Labute approximate surface area is 163 Å². The minimum Gasteiger partial charge on any atom is -0.489 e. The number of nitrogens with one attached hydrogen (secondary N) is 3. The third kappa shape index (κ3) is 4.79. The summed E-state index contributed by atoms with van der Waals surface area (Å²) in [7, 11) is 0. The van der Waals surface area contributed by atoms with Gasteiger partial charge in [0.15, 0.2) is 0 Å². The lowest BCUT2D eigenvalue weighted by Gasteiger charge is -2.18. The van der Waals surface area contributed by atoms with Crippen LogP contribution in [0.1, 0.15) is 12.5 Å². The average Bonchev–Trinajstić information content (AvgIpc) is 3.09. The molecule has 0 unspecified atom stereocenters. The molecule has 1 heterocycles. The molecule has 1 atom stereocenters. The lowest BCUT2D eigenvalue weighted by Crippen LogP contribution is -2.44. The monoisotopic (exact) mass is 377 g/mol. The van der Waals surface area contributed by atoms with E-state index in [1.807, 2.05) is 30.5 Å². The topological polar surface area (TPSA) is 83.2 Å². The Bertz CT molecular complexity index is 993. The van der Waals surface area contributed by atoms with Crippen LogP contribution in [-0.4, -0.2) is 29.4 Å². The molecule has 6 heteroatoms. The van der Waals surface area contributed by atoms with E-state index in [0.29, 0.717) is 24.5 Å². The summed E-state index contributed by atoms with van der Waals surface area (Å²) in [5, 5.41) is 6.63. The summed E-state index contributed by atoms with van der Waals surface area (Å²) in [6.45, 7) is 5.40. The first kappa shape index (κ1) is 19.2. The Morgan fingerprint density at radius 2 is 2.04 bits per heavy atom. The number of para-hydroxylation sites is 1. The van der Waals surface area contributed by atoms with Gasteiger partial charge >= 0.3 is 0 Å². The molecule has 28 heavy (non-hydrogen) atoms. The summed E-state index contributed by atoms with van der Waals surface area (Å²) in [5.41, 5.74) is 2.56. The molecule has 2 amide bonds. The molecule has 3 rings (SSSR count). The molecule has 0 aliphatic rings. The second-order valence-corrected chi connectivity index (χ2v) is 6.43. The fraction of sp³-hybridized carbons (Fsp3) is 0.182. The zero-order valence-electron chi connectivity index (χ0n) is 15.7. The number of anilines is 1. The molecule has 3 N–H and O–H groups in total. The molecule has 0 bridgehead atoms. The van der Waals surface area contributed by atoms with Crippen molar-refractivity contribution in [3.05, 3.63) is 72.9 Å². The van der Waals surface area contributed by atoms with Gasteiger partial charge in [0.1, 0.15) is 18.4 Å². The number of ether oxygens (including phenoxy) is 1. The maximum absolute atomic E-state index is 12.8. The van der Waals surface area contributed by atoms with Crippen LogP contribution in [-0.2, 0) is 16.0 Å². The number of benzene rings is 2. The summed E-state index contributed by atoms with van der Waals surface area (Å²) in [6.07, 6.45) is 3.90. The van der Waals surface area contributed by atoms with Crippen LogP contribution in [0.3, 0.4) is 0 Å². The zero-order chi connectivity index (χ0) is 19.9. The van der Waals surface area contributed by atoms with Crippen molar-refractivity contribution in [3.63, 3.8) is 0 Å². The third-order valence-corrected chi connectivity index (χ3v) is 4.26. The average molecular weight is 377 g/mol. The first-order valence-electron chi connectivity index (χ1n) is 9.03. The van der Waals surface area contributed by atoms with Gasteiger partial charge in [-0.25, -0.2) is 0 Å². The molecular formula is C22H23N3O3. The highest BCUT2D eigenvalue weighted by atomic mass is 16.5. The lowest BCUT2D eigenvalue weighted by atomic mass is 10.0. The number of hydrogen-bond acceptors (Lipinski definition) is 3. The summed E-state index contributed by atoms with van der Waals surface area (Å²) >= 11 is 0. The summed E-state index contributed by atoms with van der Waals surface area (Å²) in [4.78, 5) is 27.7. The van der Waals surface area contributed by atoms with Crippen LogP contribution in [0.5, 0.6) is 5.75 Å². The number of aromatic amines is 1. The molecule has 0 aliphatic heterocycles. The van der Waals surface area contributed by atoms with Crippen molar-refractivity contribution in [2.75, 3.05) is 11.9 Å². The van der Waals surface area contributed by atoms with E-state index in [1.165, 1.54) is 6.92 Å². The molecule has 0 spiro atoms. The SMILES string of the molecule is C=CCOc1cccc(NC(=O)[C@@H](Cc2c[nH]c3ccccc23)NC(C)=O)c1. The molecule has 2 aromatic carbocycles. The van der Waals surface area contributed by atoms with Gasteiger partial charge in [-0.15, -0.1) is 0 Å². The maximum atomic E-state index is 12.8. The van der Waals surface area contributed by atoms with E-state index in [4.69, 9.17) is 4.74 Å². The molecule has 144 valence electrons. The van der Waals surface area contributed by atoms with Crippen molar-refractivity contribution in [1.29, 1.82) is 0 Å². The molecule has 1 aromatic heterocycles. The van der Waals surface area contributed by atoms with Crippen LogP contribution < -0.4 is 15.4 Å². The Balaban J connectivity index is 1.76. The number of carbonyl (C=O) groups is 2. The Kier molecular flexibility index (Phi) is 6.11. The predicted molar refractivity (Wildman–Crippen MR) is 110 cm³/mol. The van der Waals surface area contributed by atoms with Crippen LogP contribution in [0.4, 0.5) is 5.69 Å². The highest BCUT2D eigenvalue weighted by Crippen LogP contribution is 2.21. The minimum absolute atomic E-state index is 0.261. The van der Waals surface area contributed by atoms with E-state index in [1.54, 1.807) is 30.3 Å². The number of H-pyrrole nitrogens is 1. The molecule has 3 aromatic rings. The second-order valence-electron chi connectivity index (χ2n) is 6.43. The number of hydrogen-bond donors (Lipinski definition) is 3. The second kappa shape index (κ2) is 8.90. The van der Waals surface area contributed by atoms with Gasteiger partial charge in [-0.3, -0.25) is 9.59 Å². The van der Waals surface area contributed by atoms with Gasteiger partial charge in [0, 0.05) is 42.2 Å². The highest BCUT2D eigenvalue weighted by Gasteiger charge is 2.21. The van der Waals surface area contributed by atoms with Gasteiger partial charge in [-0.05, 0) is 23.8 Å². The van der Waals surface area contributed by atoms with Crippen molar-refractivity contribution >= 4 is 28.4 Å². The molecule has 0 saturated heterocycles. The Morgan fingerprint density at radius 3 is 2.82 bits per heavy atom. The van der Waals surface area contributed by atoms with Gasteiger partial charge < -0.3 is 20.4 Å². The maximum Gasteiger partial charge on any atom is 0.247 e. The fourth-order valence-corrected chi connectivity index (χ4v) is 3.02. The summed E-state index contributed by atoms with van der Waals surface area (Å²) in [6, 6.07) is 14.3. The number of aromatic nitrogens is 1. The van der Waals surface area contributed by atoms with Crippen molar-refractivity contribution in [2.45, 2.75) is 19.4 Å². The predicted octanol–water partition coefficient (Wildman–Crippen LogP) is 3.42. The van der Waals surface area contributed by atoms with E-state index in [9.17, 15) is 9.59 Å². The van der Waals surface area contributed by atoms with E-state index in [-0.39, 0.29) is 11.8 Å². The smallest absolute Gasteiger partial charge is 0.247 e. The third-order valence-electron chi connectivity index (χ3n) is 4.26. The summed E-state index contributed by atoms with van der Waals surface area (Å²) in [5.74, 6) is 0.0785. The van der Waals surface area contributed by atoms with Gasteiger partial charge in [0.2, 0.25) is 11.8 Å². The molecule has 0 radical (unpaired) electrons. The van der Waals surface area contributed by atoms with Crippen molar-refractivity contribution in [2.24, 2.45) is 0 Å². The summed E-state index contributed by atoms with van der Waals surface area (Å²) < 4.78 is 5.49. The number of carbonyl (C=O) groups excluding carboxylic acids is 2. The van der Waals surface area contributed by atoms with Crippen molar-refractivity contribution in [3.8, 4) is 5.75 Å². The zero-order valence-corrected chi connectivity index (χ0v) is 15.7. The first-order chi connectivity index (χ1) is 13.6. The van der Waals surface area contributed by atoms with Crippen LogP contribution >= 0.6 is 0 Å². The van der Waals surface area contributed by atoms with E-state index >= 15 is 0 Å². The van der Waals surface area contributed by atoms with E-state index in [0.717, 1.165) is 16.5 Å². The fourth-order valence-electron chi connectivity index (χ4n) is 3.02. The Morgan fingerprint density at radius 1 is 1.21 bits per heavy atom. The van der Waals surface area contributed by atoms with Gasteiger partial charge in [0.25, 0.3) is 0 Å². The van der Waals surface area contributed by atoms with Crippen molar-refractivity contribution in [1.82, 2.24) is 10.3 Å². The molecule has 0 saturated carbocycles. The minimum atomic E-state index is -0.700. The van der Waals surface area contributed by atoms with Gasteiger partial charge in [0.05, 0.1) is 0 Å². The van der Waals surface area contributed by atoms with Crippen molar-refractivity contribution < 1.29 is 14.3 Å². The highest BCUT2D eigenvalue weighted by molar-refractivity contribution is 5.97. The molecular weight excluding hydrogens is 354 g/mol. The van der Waals surface area contributed by atoms with Crippen LogP contribution in [0, 0.1) is 0 Å². The number of fused-ring (bicyclic) bond motifs is 1. The number of amides is 2. The van der Waals surface area contributed by atoms with E-state index < -0.39 is 6.04 Å². The van der Waals surface area contributed by atoms with E-state index in [2.05, 4.69) is 22.2 Å². The molecule has 0 aliphatic carbocycles. The van der Waals surface area contributed by atoms with Gasteiger partial charge in [-0.1, -0.05) is 36.9 Å². The normalized spacial score (nSPS) is 11.6. The van der Waals surface area contributed by atoms with Gasteiger partial charge in [-0.2, -0.15) is 0 Å². The Hall–Kier alpha value is -3.54. The first-order valence-corrected chi connectivity index (χ1v) is 9.03. The quantitative estimate of drug-likeness (QED) is 0.526. The number of rotatable bonds is 8. The lowest BCUT2D eigenvalue weighted by molar-refractivity contribution is -0.125. The molecule has 6 nitrogen and oxygen atoms in total. The molecule has 0 fully saturated rings. The van der Waals surface area contributed by atoms with Crippen LogP contribution in [0.2, 0.25) is 0 Å². The van der Waals surface area contributed by atoms with Crippen LogP contribution in [0.15, 0.2) is 67.4 Å².